The van der Waals surface area contributed by atoms with Crippen LogP contribution in [0.2, 0.25) is 0 Å². The Bertz CT molecular complexity index is 3760. The first kappa shape index (κ1) is 55.9. The molecular formula is C65H70B3BrN4O6. The van der Waals surface area contributed by atoms with Gasteiger partial charge in [0, 0.05) is 37.1 Å². The van der Waals surface area contributed by atoms with E-state index in [1.807, 2.05) is 104 Å². The van der Waals surface area contributed by atoms with E-state index < -0.39 is 21.1 Å². The summed E-state index contributed by atoms with van der Waals surface area (Å²) in [7, 11) is -1.36. The van der Waals surface area contributed by atoms with Crippen molar-refractivity contribution < 1.29 is 27.9 Å². The van der Waals surface area contributed by atoms with E-state index in [0.717, 1.165) is 65.6 Å². The molecule has 14 heteroatoms. The number of fused-ring (bicyclic) bond motifs is 6. The zero-order valence-corrected chi connectivity index (χ0v) is 48.3. The van der Waals surface area contributed by atoms with Crippen LogP contribution in [0.4, 0.5) is 0 Å². The lowest BCUT2D eigenvalue weighted by atomic mass is 9.49. The second-order valence-electron chi connectivity index (χ2n) is 23.5. The zero-order valence-electron chi connectivity index (χ0n) is 46.7. The third-order valence-corrected chi connectivity index (χ3v) is 17.2. The predicted molar refractivity (Wildman–Crippen MR) is 330 cm³/mol. The van der Waals surface area contributed by atoms with Crippen molar-refractivity contribution in [3.63, 3.8) is 0 Å². The van der Waals surface area contributed by atoms with Crippen molar-refractivity contribution in [1.29, 1.82) is 0 Å². The highest BCUT2D eigenvalue weighted by molar-refractivity contribution is 9.10. The van der Waals surface area contributed by atoms with Gasteiger partial charge in [-0.1, -0.05) is 157 Å². The van der Waals surface area contributed by atoms with Crippen LogP contribution in [0.3, 0.4) is 0 Å². The van der Waals surface area contributed by atoms with Crippen LogP contribution in [-0.2, 0) is 27.9 Å². The molecule has 3 aliphatic heterocycles. The number of nitrogens with zero attached hydrogens (tertiary/aromatic N) is 4. The predicted octanol–water partition coefficient (Wildman–Crippen LogP) is 15.6. The van der Waals surface area contributed by atoms with Crippen molar-refractivity contribution in [2.24, 2.45) is 0 Å². The normalized spacial score (nSPS) is 18.3. The molecule has 8 aromatic carbocycles. The van der Waals surface area contributed by atoms with Gasteiger partial charge in [-0.2, -0.15) is 10.2 Å². The highest BCUT2D eigenvalue weighted by atomic mass is 79.9. The second kappa shape index (κ2) is 21.0. The first-order valence-electron chi connectivity index (χ1n) is 26.9. The number of rotatable bonds is 6. The lowest BCUT2D eigenvalue weighted by Gasteiger charge is -2.32. The number of para-hydroxylation sites is 2. The van der Waals surface area contributed by atoms with Crippen LogP contribution >= 0.6 is 15.9 Å². The van der Waals surface area contributed by atoms with Gasteiger partial charge in [-0.25, -0.2) is 9.36 Å². The molecule has 0 N–H and O–H groups in total. The van der Waals surface area contributed by atoms with Crippen molar-refractivity contribution in [1.82, 2.24) is 19.6 Å². The van der Waals surface area contributed by atoms with Gasteiger partial charge in [0.1, 0.15) is 11.4 Å². The highest BCUT2D eigenvalue weighted by Crippen LogP contribution is 2.44. The third-order valence-electron chi connectivity index (χ3n) is 16.7. The smallest absolute Gasteiger partial charge is 0.405 e. The average molecular weight is 1120 g/mol. The van der Waals surface area contributed by atoms with Crippen LogP contribution in [0.25, 0.3) is 77.2 Å². The van der Waals surface area contributed by atoms with Crippen LogP contribution in [0.5, 0.6) is 0 Å². The minimum absolute atomic E-state index is 0. The van der Waals surface area contributed by atoms with E-state index in [1.54, 1.807) is 0 Å². The van der Waals surface area contributed by atoms with Gasteiger partial charge >= 0.3 is 21.1 Å². The summed E-state index contributed by atoms with van der Waals surface area (Å²) in [6.45, 7) is 24.5. The molecule has 10 aromatic rings. The van der Waals surface area contributed by atoms with Crippen LogP contribution in [0.1, 0.15) is 90.5 Å². The van der Waals surface area contributed by atoms with E-state index in [2.05, 4.69) is 186 Å². The summed E-state index contributed by atoms with van der Waals surface area (Å²) >= 11 is 3.58. The van der Waals surface area contributed by atoms with Crippen molar-refractivity contribution in [3.8, 4) is 33.9 Å². The Balaban J connectivity index is 0.000000140. The maximum absolute atomic E-state index is 6.31. The van der Waals surface area contributed by atoms with Crippen LogP contribution in [-0.4, -0.2) is 74.3 Å². The standard InChI is InChI=1S/C29H27BN2O2.C23H15BrN2.C12H24B2O4.CH4/c1-28(2)29(3,4)34-30(33-28)22-13-10-12-21(19-22)26-25-18-17-20-11-8-9-16-24(20)27(25)32(31-26)23-14-6-5-7-15-23;24-18-9-6-8-17(15-18)22-21-14-13-16-7-4-5-12-20(16)23(21)26(25-22)19-10-2-1-3-11-19;1-9(2)10(3,4)16-13(15-9)14-17-11(5,6)12(7,8)18-14;/h5-19H,1-4H3;1-15H;1-8H3;1H4. The SMILES string of the molecule is Brc1cccc(-c2nn(-c3ccccc3)c3c2ccc2ccccc23)c1.C.CC1(C)OB(B2OC(C)(C)C(C)(C)O2)OC1(C)C.CC1(C)OB(c2cccc(-c3nn(-c4ccccc4)c4c3ccc3ccccc34)c2)OC1(C)C. The zero-order chi connectivity index (χ0) is 55.0. The Kier molecular flexibility index (Phi) is 14.8. The lowest BCUT2D eigenvalue weighted by Crippen LogP contribution is -2.41. The summed E-state index contributed by atoms with van der Waals surface area (Å²) in [5.41, 5.74) is 7.25. The van der Waals surface area contributed by atoms with E-state index in [9.17, 15) is 0 Å². The molecule has 0 spiro atoms. The fourth-order valence-electron chi connectivity index (χ4n) is 10.1. The summed E-state index contributed by atoms with van der Waals surface area (Å²) in [6, 6.07) is 63.0. The molecule has 2 aromatic heterocycles. The molecule has 0 amide bonds. The first-order chi connectivity index (χ1) is 37.0. The molecule has 0 saturated carbocycles. The van der Waals surface area contributed by atoms with Crippen LogP contribution < -0.4 is 5.46 Å². The molecule has 13 rings (SSSR count). The van der Waals surface area contributed by atoms with Crippen LogP contribution in [0, 0.1) is 0 Å². The van der Waals surface area contributed by atoms with Crippen LogP contribution in [0.15, 0.2) is 186 Å². The van der Waals surface area contributed by atoms with Crippen molar-refractivity contribution in [2.75, 3.05) is 0 Å². The van der Waals surface area contributed by atoms with E-state index >= 15 is 0 Å². The third kappa shape index (κ3) is 10.4. The quantitative estimate of drug-likeness (QED) is 0.152. The summed E-state index contributed by atoms with van der Waals surface area (Å²) in [6.07, 6.45) is 0. The Morgan fingerprint density at radius 2 is 0.734 bits per heavy atom. The summed E-state index contributed by atoms with van der Waals surface area (Å²) < 4.78 is 41.7. The fraction of sp³-hybridized carbons (Fsp3) is 0.292. The number of hydrogen-bond donors (Lipinski definition) is 0. The van der Waals surface area contributed by atoms with E-state index in [1.165, 1.54) is 21.5 Å². The van der Waals surface area contributed by atoms with Crippen molar-refractivity contribution in [2.45, 2.75) is 124 Å². The van der Waals surface area contributed by atoms with E-state index in [4.69, 9.17) is 38.1 Å². The largest absolute Gasteiger partial charge is 0.494 e. The number of halogens is 1. The molecule has 10 nitrogen and oxygen atoms in total. The number of aromatic nitrogens is 4. The number of hydrogen-bond acceptors (Lipinski definition) is 8. The van der Waals surface area contributed by atoms with Gasteiger partial charge in [-0.3, -0.25) is 0 Å². The molecule has 79 heavy (non-hydrogen) atoms. The Morgan fingerprint density at radius 1 is 0.367 bits per heavy atom. The fourth-order valence-corrected chi connectivity index (χ4v) is 10.5. The summed E-state index contributed by atoms with van der Waals surface area (Å²) in [5.74, 6) is 0. The molecular weight excluding hydrogens is 1050 g/mol. The summed E-state index contributed by atoms with van der Waals surface area (Å²) in [4.78, 5) is 0. The molecule has 0 radical (unpaired) electrons. The molecule has 0 unspecified atom stereocenters. The topological polar surface area (TPSA) is 91.0 Å². The van der Waals surface area contributed by atoms with Gasteiger partial charge in [0.15, 0.2) is 0 Å². The Morgan fingerprint density at radius 3 is 1.15 bits per heavy atom. The molecule has 3 saturated heterocycles. The molecule has 0 atom stereocenters. The van der Waals surface area contributed by atoms with Gasteiger partial charge in [0.05, 0.1) is 56.0 Å². The average Bonchev–Trinajstić information content (AvgIpc) is 4.40. The maximum atomic E-state index is 6.31. The van der Waals surface area contributed by atoms with Crippen molar-refractivity contribution in [3.05, 3.63) is 186 Å². The van der Waals surface area contributed by atoms with Gasteiger partial charge in [-0.05, 0) is 148 Å². The van der Waals surface area contributed by atoms with Gasteiger partial charge in [0.25, 0.3) is 0 Å². The first-order valence-corrected chi connectivity index (χ1v) is 27.7. The van der Waals surface area contributed by atoms with E-state index in [-0.39, 0.29) is 41.0 Å². The lowest BCUT2D eigenvalue weighted by molar-refractivity contribution is 0.00578. The minimum atomic E-state index is -0.476. The van der Waals surface area contributed by atoms with Gasteiger partial charge in [0.2, 0.25) is 0 Å². The van der Waals surface area contributed by atoms with Gasteiger partial charge < -0.3 is 27.9 Å². The molecule has 402 valence electrons. The Labute approximate surface area is 475 Å². The van der Waals surface area contributed by atoms with E-state index in [0.29, 0.717) is 0 Å². The van der Waals surface area contributed by atoms with Gasteiger partial charge in [-0.15, -0.1) is 0 Å². The minimum Gasteiger partial charge on any atom is -0.405 e. The molecule has 5 heterocycles. The maximum Gasteiger partial charge on any atom is 0.494 e. The molecule has 0 bridgehead atoms. The van der Waals surface area contributed by atoms with Crippen molar-refractivity contribution >= 4 is 85.9 Å². The highest BCUT2D eigenvalue weighted by Gasteiger charge is 2.63. The molecule has 3 aliphatic rings. The molecule has 3 fully saturated rings. The Hall–Kier alpha value is -6.35. The second-order valence-corrected chi connectivity index (χ2v) is 24.4. The summed E-state index contributed by atoms with van der Waals surface area (Å²) in [5, 5.41) is 17.2. The number of benzene rings is 8. The molecule has 0 aliphatic carbocycles. The monoisotopic (exact) mass is 1110 g/mol.